The molecule has 0 aliphatic heterocycles. The molecule has 0 atom stereocenters. The Hall–Kier alpha value is -0.883. The first-order valence-electron chi connectivity index (χ1n) is 6.71. The topological polar surface area (TPSA) is 44.1 Å². The zero-order chi connectivity index (χ0) is 15.6. The second-order valence-corrected chi connectivity index (χ2v) is 12.5. The van der Waals surface area contributed by atoms with E-state index in [1.807, 2.05) is 0 Å². The van der Waals surface area contributed by atoms with Crippen LogP contribution in [-0.4, -0.2) is 24.2 Å². The van der Waals surface area contributed by atoms with Gasteiger partial charge >= 0.3 is 0 Å². The number of pyridine rings is 2. The van der Waals surface area contributed by atoms with Crippen molar-refractivity contribution in [3.8, 4) is 0 Å². The highest BCUT2D eigenvalue weighted by Gasteiger charge is 2.13. The van der Waals surface area contributed by atoms with E-state index in [4.69, 9.17) is 27.9 Å². The Morgan fingerprint density at radius 3 is 2.71 bits per heavy atom. The number of ether oxygens (including phenoxy) is 1. The minimum Gasteiger partial charge on any atom is -0.361 e. The average Bonchev–Trinajstić information content (AvgIpc) is 2.34. The number of halogens is 2. The lowest BCUT2D eigenvalue weighted by atomic mass is 10.2. The molecule has 2 aromatic rings. The van der Waals surface area contributed by atoms with Gasteiger partial charge in [-0.15, -0.1) is 0 Å². The van der Waals surface area contributed by atoms with Crippen molar-refractivity contribution in [1.29, 1.82) is 0 Å². The van der Waals surface area contributed by atoms with Gasteiger partial charge in [-0.1, -0.05) is 42.8 Å². The van der Waals surface area contributed by atoms with Gasteiger partial charge in [0, 0.05) is 20.9 Å². The fourth-order valence-corrected chi connectivity index (χ4v) is 3.15. The van der Waals surface area contributed by atoms with E-state index in [0.717, 1.165) is 6.04 Å². The van der Waals surface area contributed by atoms with Gasteiger partial charge in [0.05, 0.1) is 5.39 Å². The maximum absolute atomic E-state index is 12.4. The van der Waals surface area contributed by atoms with Crippen LogP contribution >= 0.6 is 23.2 Å². The summed E-state index contributed by atoms with van der Waals surface area (Å²) in [5.41, 5.74) is -0.213. The van der Waals surface area contributed by atoms with Crippen LogP contribution in [0.2, 0.25) is 36.0 Å². The largest absolute Gasteiger partial charge is 0.361 e. The van der Waals surface area contributed by atoms with Crippen LogP contribution in [0.5, 0.6) is 0 Å². The lowest BCUT2D eigenvalue weighted by molar-refractivity contribution is 0.0851. The van der Waals surface area contributed by atoms with Crippen molar-refractivity contribution in [3.05, 3.63) is 39.0 Å². The molecule has 114 valence electrons. The molecule has 0 aliphatic carbocycles. The van der Waals surface area contributed by atoms with Crippen LogP contribution in [0.25, 0.3) is 10.8 Å². The van der Waals surface area contributed by atoms with Crippen LogP contribution in [-0.2, 0) is 11.5 Å². The summed E-state index contributed by atoms with van der Waals surface area (Å²) < 4.78 is 7.09. The van der Waals surface area contributed by atoms with Gasteiger partial charge in [0.2, 0.25) is 0 Å². The van der Waals surface area contributed by atoms with Crippen LogP contribution in [0.3, 0.4) is 0 Å². The molecule has 2 rings (SSSR count). The second-order valence-electron chi connectivity index (χ2n) is 6.14. The Morgan fingerprint density at radius 1 is 1.33 bits per heavy atom. The Morgan fingerprint density at radius 2 is 2.05 bits per heavy atom. The number of aromatic nitrogens is 2. The van der Waals surface area contributed by atoms with Crippen LogP contribution in [0.15, 0.2) is 23.1 Å². The summed E-state index contributed by atoms with van der Waals surface area (Å²) >= 11 is 11.9. The predicted molar refractivity (Wildman–Crippen MR) is 90.1 cm³/mol. The maximum atomic E-state index is 12.4. The molecule has 0 amide bonds. The van der Waals surface area contributed by atoms with Gasteiger partial charge < -0.3 is 4.74 Å². The predicted octanol–water partition coefficient (Wildman–Crippen LogP) is 4.02. The van der Waals surface area contributed by atoms with Crippen LogP contribution < -0.4 is 5.56 Å². The molecule has 7 heteroatoms. The molecule has 0 spiro atoms. The van der Waals surface area contributed by atoms with Crippen LogP contribution in [0, 0.1) is 0 Å². The summed E-state index contributed by atoms with van der Waals surface area (Å²) in [5.74, 6) is 0. The maximum Gasteiger partial charge on any atom is 0.263 e. The van der Waals surface area contributed by atoms with E-state index in [9.17, 15) is 4.79 Å². The normalized spacial score (nSPS) is 12.0. The van der Waals surface area contributed by atoms with E-state index in [-0.39, 0.29) is 22.6 Å². The first-order chi connectivity index (χ1) is 9.78. The van der Waals surface area contributed by atoms with Crippen molar-refractivity contribution in [2.45, 2.75) is 32.4 Å². The number of rotatable bonds is 5. The Bertz CT molecular complexity index is 710. The van der Waals surface area contributed by atoms with Crippen LogP contribution in [0.4, 0.5) is 0 Å². The number of fused-ring (bicyclic) bond motifs is 1. The SMILES string of the molecule is C[Si](C)(C)CCOCn1ccc2cc(Cl)nc(Cl)c2c1=O. The first kappa shape index (κ1) is 16.5. The molecule has 0 N–H and O–H groups in total. The summed E-state index contributed by atoms with van der Waals surface area (Å²) in [5, 5.41) is 1.45. The van der Waals surface area contributed by atoms with Gasteiger partial charge in [-0.25, -0.2) is 4.98 Å². The lowest BCUT2D eigenvalue weighted by Crippen LogP contribution is -2.24. The van der Waals surface area contributed by atoms with Crippen molar-refractivity contribution < 1.29 is 4.74 Å². The highest BCUT2D eigenvalue weighted by molar-refractivity contribution is 6.76. The van der Waals surface area contributed by atoms with Gasteiger partial charge in [-0.2, -0.15) is 0 Å². The van der Waals surface area contributed by atoms with Crippen molar-refractivity contribution in [1.82, 2.24) is 9.55 Å². The molecule has 0 aliphatic rings. The second kappa shape index (κ2) is 6.48. The molecule has 0 unspecified atom stereocenters. The summed E-state index contributed by atoms with van der Waals surface area (Å²) in [4.78, 5) is 16.3. The Labute approximate surface area is 134 Å². The highest BCUT2D eigenvalue weighted by atomic mass is 35.5. The van der Waals surface area contributed by atoms with E-state index in [1.165, 1.54) is 4.57 Å². The third-order valence-corrected chi connectivity index (χ3v) is 5.28. The summed E-state index contributed by atoms with van der Waals surface area (Å²) in [6.07, 6.45) is 1.69. The molecule has 0 aromatic carbocycles. The lowest BCUT2D eigenvalue weighted by Gasteiger charge is -2.16. The molecular weight excluding hydrogens is 327 g/mol. The van der Waals surface area contributed by atoms with Crippen molar-refractivity contribution >= 4 is 42.0 Å². The standard InChI is InChI=1S/C14H18Cl2N2O2Si/c1-21(2,3)7-6-20-9-18-5-4-10-8-11(15)17-13(16)12(10)14(18)19/h4-5,8H,6-7,9H2,1-3H3. The summed E-state index contributed by atoms with van der Waals surface area (Å²) in [7, 11) is -1.13. The minimum absolute atomic E-state index is 0.124. The smallest absolute Gasteiger partial charge is 0.263 e. The summed E-state index contributed by atoms with van der Waals surface area (Å²) in [6.45, 7) is 7.74. The van der Waals surface area contributed by atoms with Gasteiger partial charge in [0.1, 0.15) is 17.0 Å². The molecule has 0 radical (unpaired) electrons. The van der Waals surface area contributed by atoms with Crippen molar-refractivity contribution in [3.63, 3.8) is 0 Å². The molecule has 0 fully saturated rings. The van der Waals surface area contributed by atoms with Gasteiger partial charge in [0.15, 0.2) is 0 Å². The first-order valence-corrected chi connectivity index (χ1v) is 11.2. The highest BCUT2D eigenvalue weighted by Crippen LogP contribution is 2.21. The van der Waals surface area contributed by atoms with E-state index in [0.29, 0.717) is 17.4 Å². The third-order valence-electron chi connectivity index (χ3n) is 3.11. The van der Waals surface area contributed by atoms with Crippen molar-refractivity contribution in [2.75, 3.05) is 6.61 Å². The molecule has 21 heavy (non-hydrogen) atoms. The van der Waals surface area contributed by atoms with Crippen molar-refractivity contribution in [2.24, 2.45) is 0 Å². The molecular formula is C14H18Cl2N2O2Si. The van der Waals surface area contributed by atoms with Crippen LogP contribution in [0.1, 0.15) is 0 Å². The molecule has 0 bridgehead atoms. The Kier molecular flexibility index (Phi) is 5.09. The molecule has 2 heterocycles. The van der Waals surface area contributed by atoms with E-state index < -0.39 is 8.07 Å². The van der Waals surface area contributed by atoms with Gasteiger partial charge in [0.25, 0.3) is 5.56 Å². The van der Waals surface area contributed by atoms with E-state index in [1.54, 1.807) is 18.3 Å². The molecule has 2 aromatic heterocycles. The number of nitrogens with zero attached hydrogens (tertiary/aromatic N) is 2. The number of hydrogen-bond donors (Lipinski definition) is 0. The van der Waals surface area contributed by atoms with Gasteiger partial charge in [-0.3, -0.25) is 9.36 Å². The fourth-order valence-electron chi connectivity index (χ4n) is 1.87. The summed E-state index contributed by atoms with van der Waals surface area (Å²) in [6, 6.07) is 4.48. The molecule has 0 saturated heterocycles. The fraction of sp³-hybridized carbons (Fsp3) is 0.429. The average molecular weight is 345 g/mol. The number of hydrogen-bond acceptors (Lipinski definition) is 3. The monoisotopic (exact) mass is 344 g/mol. The van der Waals surface area contributed by atoms with E-state index >= 15 is 0 Å². The zero-order valence-corrected chi connectivity index (χ0v) is 14.8. The zero-order valence-electron chi connectivity index (χ0n) is 12.3. The van der Waals surface area contributed by atoms with Gasteiger partial charge in [-0.05, 0) is 23.6 Å². The van der Waals surface area contributed by atoms with E-state index in [2.05, 4.69) is 24.6 Å². The third kappa shape index (κ3) is 4.29. The molecule has 4 nitrogen and oxygen atoms in total. The Balaban J connectivity index is 2.19. The minimum atomic E-state index is -1.13. The quantitative estimate of drug-likeness (QED) is 0.467. The molecule has 0 saturated carbocycles.